The molecule has 1 N–H and O–H groups in total. The molecule has 0 aromatic rings. The van der Waals surface area contributed by atoms with Crippen molar-refractivity contribution in [2.45, 2.75) is 6.92 Å². The molecule has 40 valence electrons. The Kier molecular flexibility index (Phi) is 22.4. The van der Waals surface area contributed by atoms with Crippen LogP contribution in [0.4, 0.5) is 0 Å². The van der Waals surface area contributed by atoms with Crippen LogP contribution in [0, 0.1) is 0 Å². The quantitative estimate of drug-likeness (QED) is 0.349. The maximum Gasteiger partial charge on any atom is 1.00 e. The minimum Gasteiger partial charge on any atom is -0.870 e. The summed E-state index contributed by atoms with van der Waals surface area (Å²) in [6.07, 6.45) is 0. The molecule has 2 nitrogen and oxygen atoms in total. The normalized spacial score (nSPS) is 6.86. The van der Waals surface area contributed by atoms with E-state index in [2.05, 4.69) is 25.9 Å². The second kappa shape index (κ2) is 10.0. The molecule has 0 amide bonds. The average Bonchev–Trinajstić information content (AvgIpc) is 1.38. The summed E-state index contributed by atoms with van der Waals surface area (Å²) in [5, 5.41) is 0. The number of nitrogens with zero attached hydrogens (tertiary/aromatic N) is 1. The van der Waals surface area contributed by atoms with Crippen LogP contribution in [0.5, 0.6) is 0 Å². The summed E-state index contributed by atoms with van der Waals surface area (Å²) in [7, 11) is 4.11. The van der Waals surface area contributed by atoms with Crippen molar-refractivity contribution in [1.82, 2.24) is 4.90 Å². The van der Waals surface area contributed by atoms with Gasteiger partial charge in [0.05, 0.1) is 0 Å². The zero-order valence-electron chi connectivity index (χ0n) is 5.60. The Hall–Kier alpha value is 0.920. The van der Waals surface area contributed by atoms with Crippen molar-refractivity contribution in [2.24, 2.45) is 0 Å². The third kappa shape index (κ3) is 19.6. The van der Waals surface area contributed by atoms with E-state index < -0.39 is 0 Å². The van der Waals surface area contributed by atoms with Crippen LogP contribution in [0.15, 0.2) is 0 Å². The van der Waals surface area contributed by atoms with Crippen LogP contribution in [0.2, 0.25) is 0 Å². The van der Waals surface area contributed by atoms with E-state index >= 15 is 0 Å². The third-order valence-corrected chi connectivity index (χ3v) is 0.632. The van der Waals surface area contributed by atoms with Crippen molar-refractivity contribution < 1.29 is 35.0 Å². The van der Waals surface area contributed by atoms with Crippen LogP contribution in [0.25, 0.3) is 0 Å². The van der Waals surface area contributed by atoms with Gasteiger partial charge in [-0.3, -0.25) is 0 Å². The molecule has 0 aliphatic rings. The largest absolute Gasteiger partial charge is 1.00 e. The zero-order valence-corrected chi connectivity index (χ0v) is 7.60. The number of hydrogen-bond donors (Lipinski definition) is 0. The van der Waals surface area contributed by atoms with E-state index in [9.17, 15) is 0 Å². The van der Waals surface area contributed by atoms with Gasteiger partial charge >= 0.3 is 29.6 Å². The molecule has 0 fully saturated rings. The van der Waals surface area contributed by atoms with Gasteiger partial charge in [0.25, 0.3) is 0 Å². The van der Waals surface area contributed by atoms with Crippen molar-refractivity contribution >= 4 is 0 Å². The molecule has 0 aromatic carbocycles. The molecule has 0 unspecified atom stereocenters. The molecule has 0 saturated carbocycles. The Bertz CT molecular complexity index is 25.7. The third-order valence-electron chi connectivity index (χ3n) is 0.632. The van der Waals surface area contributed by atoms with Crippen molar-refractivity contribution in [3.8, 4) is 0 Å². The van der Waals surface area contributed by atoms with Gasteiger partial charge in [-0.2, -0.15) is 0 Å². The summed E-state index contributed by atoms with van der Waals surface area (Å²) >= 11 is 0. The van der Waals surface area contributed by atoms with Crippen LogP contribution in [-0.4, -0.2) is 31.0 Å². The molecule has 0 spiro atoms. The molecule has 0 aliphatic heterocycles. The minimum absolute atomic E-state index is 0. The van der Waals surface area contributed by atoms with Crippen molar-refractivity contribution in [3.63, 3.8) is 0 Å². The summed E-state index contributed by atoms with van der Waals surface area (Å²) in [6, 6.07) is 0. The summed E-state index contributed by atoms with van der Waals surface area (Å²) < 4.78 is 0. The molecular formula is C4H12NNaO. The minimum atomic E-state index is 0. The first-order chi connectivity index (χ1) is 2.27. The van der Waals surface area contributed by atoms with Gasteiger partial charge in [0.2, 0.25) is 0 Å². The Morgan fingerprint density at radius 2 is 1.43 bits per heavy atom. The molecule has 0 saturated heterocycles. The van der Waals surface area contributed by atoms with Crippen LogP contribution in [0.3, 0.4) is 0 Å². The fraction of sp³-hybridized carbons (Fsp3) is 1.00. The molecule has 0 atom stereocenters. The molecule has 0 aromatic heterocycles. The van der Waals surface area contributed by atoms with Crippen LogP contribution < -0.4 is 29.6 Å². The second-order valence-electron chi connectivity index (χ2n) is 1.40. The van der Waals surface area contributed by atoms with Gasteiger partial charge in [0.1, 0.15) is 0 Å². The van der Waals surface area contributed by atoms with E-state index in [1.807, 2.05) is 0 Å². The van der Waals surface area contributed by atoms with Crippen LogP contribution >= 0.6 is 0 Å². The van der Waals surface area contributed by atoms with Gasteiger partial charge in [0, 0.05) is 0 Å². The topological polar surface area (TPSA) is 33.2 Å². The summed E-state index contributed by atoms with van der Waals surface area (Å²) in [5.74, 6) is 0. The van der Waals surface area contributed by atoms with Gasteiger partial charge in [-0.1, -0.05) is 6.92 Å². The van der Waals surface area contributed by atoms with Crippen molar-refractivity contribution in [1.29, 1.82) is 0 Å². The van der Waals surface area contributed by atoms with E-state index in [-0.39, 0.29) is 35.0 Å². The van der Waals surface area contributed by atoms with Crippen molar-refractivity contribution in [2.75, 3.05) is 20.6 Å². The van der Waals surface area contributed by atoms with Crippen LogP contribution in [0.1, 0.15) is 6.92 Å². The second-order valence-corrected chi connectivity index (χ2v) is 1.40. The zero-order chi connectivity index (χ0) is 4.28. The molecule has 0 aliphatic carbocycles. The first kappa shape index (κ1) is 15.7. The molecule has 0 heterocycles. The summed E-state index contributed by atoms with van der Waals surface area (Å²) in [6.45, 7) is 3.26. The van der Waals surface area contributed by atoms with E-state index in [1.54, 1.807) is 0 Å². The van der Waals surface area contributed by atoms with Gasteiger partial charge in [0.15, 0.2) is 0 Å². The Morgan fingerprint density at radius 3 is 1.43 bits per heavy atom. The number of rotatable bonds is 1. The molecule has 3 heteroatoms. The number of hydrogen-bond acceptors (Lipinski definition) is 2. The van der Waals surface area contributed by atoms with Gasteiger partial charge < -0.3 is 10.4 Å². The first-order valence-electron chi connectivity index (χ1n) is 1.92. The Labute approximate surface area is 67.5 Å². The van der Waals surface area contributed by atoms with E-state index in [0.29, 0.717) is 0 Å². The fourth-order valence-corrected chi connectivity index (χ4v) is 0. The summed E-state index contributed by atoms with van der Waals surface area (Å²) in [5.41, 5.74) is 0. The van der Waals surface area contributed by atoms with Crippen molar-refractivity contribution in [3.05, 3.63) is 0 Å². The fourth-order valence-electron chi connectivity index (χ4n) is 0. The van der Waals surface area contributed by atoms with E-state index in [1.165, 1.54) is 0 Å². The van der Waals surface area contributed by atoms with Gasteiger partial charge in [-0.15, -0.1) is 0 Å². The smallest absolute Gasteiger partial charge is 0.870 e. The SMILES string of the molecule is CCN(C)C.[Na+].[OH-]. The van der Waals surface area contributed by atoms with Crippen LogP contribution in [-0.2, 0) is 0 Å². The Morgan fingerprint density at radius 1 is 1.29 bits per heavy atom. The standard InChI is InChI=1S/C4H11N.Na.H2O/c1-4-5(2)3;;/h4H2,1-3H3;;1H2/q;+1;/p-1. The Balaban J connectivity index is -0.0000000800. The average molecular weight is 113 g/mol. The maximum absolute atomic E-state index is 2.12. The predicted molar refractivity (Wildman–Crippen MR) is 26.2 cm³/mol. The maximum atomic E-state index is 2.12. The van der Waals surface area contributed by atoms with E-state index in [4.69, 9.17) is 0 Å². The monoisotopic (exact) mass is 113 g/mol. The molecule has 0 bridgehead atoms. The van der Waals surface area contributed by atoms with Gasteiger partial charge in [-0.25, -0.2) is 0 Å². The molecule has 7 heavy (non-hydrogen) atoms. The molecule has 0 radical (unpaired) electrons. The molecular weight excluding hydrogens is 101 g/mol. The first-order valence-corrected chi connectivity index (χ1v) is 1.92. The summed E-state index contributed by atoms with van der Waals surface area (Å²) in [4.78, 5) is 2.12. The molecule has 0 rings (SSSR count). The van der Waals surface area contributed by atoms with Gasteiger partial charge in [-0.05, 0) is 20.6 Å². The van der Waals surface area contributed by atoms with E-state index in [0.717, 1.165) is 6.54 Å². The predicted octanol–water partition coefficient (Wildman–Crippen LogP) is -2.60.